The Balaban J connectivity index is 2.68. The summed E-state index contributed by atoms with van der Waals surface area (Å²) in [5, 5.41) is 3.15. The van der Waals surface area contributed by atoms with E-state index in [0.29, 0.717) is 12.2 Å². The molecule has 1 aromatic rings. The van der Waals surface area contributed by atoms with E-state index in [1.54, 1.807) is 19.1 Å². The van der Waals surface area contributed by atoms with E-state index in [2.05, 4.69) is 10.0 Å². The van der Waals surface area contributed by atoms with Crippen molar-refractivity contribution < 1.29 is 17.9 Å². The molecule has 0 amide bonds. The molecule has 0 aliphatic carbocycles. The first-order valence-electron chi connectivity index (χ1n) is 6.93. The average molecular weight is 314 g/mol. The van der Waals surface area contributed by atoms with E-state index in [0.717, 1.165) is 12.1 Å². The topological polar surface area (TPSA) is 84.5 Å². The lowest BCUT2D eigenvalue weighted by molar-refractivity contribution is -0.142. The van der Waals surface area contributed by atoms with E-state index in [1.807, 2.05) is 19.1 Å². The molecule has 0 saturated heterocycles. The number of ether oxygens (including phenoxy) is 1. The van der Waals surface area contributed by atoms with E-state index in [1.165, 1.54) is 0 Å². The van der Waals surface area contributed by atoms with E-state index in [9.17, 15) is 13.2 Å². The third-order valence-corrected chi connectivity index (χ3v) is 4.00. The zero-order valence-corrected chi connectivity index (χ0v) is 13.2. The van der Waals surface area contributed by atoms with Crippen LogP contribution in [0, 0.1) is 0 Å². The Morgan fingerprint density at radius 3 is 2.62 bits per heavy atom. The van der Waals surface area contributed by atoms with Gasteiger partial charge in [0.25, 0.3) is 0 Å². The van der Waals surface area contributed by atoms with Crippen molar-refractivity contribution in [2.24, 2.45) is 0 Å². The van der Waals surface area contributed by atoms with Crippen LogP contribution in [0.2, 0.25) is 0 Å². The van der Waals surface area contributed by atoms with Crippen molar-refractivity contribution in [2.45, 2.75) is 26.8 Å². The van der Waals surface area contributed by atoms with Crippen molar-refractivity contribution in [3.63, 3.8) is 0 Å². The number of rotatable bonds is 9. The van der Waals surface area contributed by atoms with Crippen LogP contribution in [0.4, 0.5) is 5.69 Å². The van der Waals surface area contributed by atoms with Crippen molar-refractivity contribution >= 4 is 21.7 Å². The minimum atomic E-state index is -3.57. The first kappa shape index (κ1) is 17.5. The number of esters is 1. The third-order valence-electron chi connectivity index (χ3n) is 2.73. The lowest BCUT2D eigenvalue weighted by atomic mass is 10.2. The molecule has 6 nitrogen and oxygen atoms in total. The van der Waals surface area contributed by atoms with Crippen LogP contribution in [0.25, 0.3) is 0 Å². The summed E-state index contributed by atoms with van der Waals surface area (Å²) < 4.78 is 31.2. The Bertz CT molecular complexity index is 558. The molecule has 21 heavy (non-hydrogen) atoms. The van der Waals surface area contributed by atoms with Gasteiger partial charge >= 0.3 is 5.97 Å². The number of carbonyl (C=O) groups excluding carboxylic acids is 1. The Morgan fingerprint density at radius 2 is 1.95 bits per heavy atom. The van der Waals surface area contributed by atoms with Crippen molar-refractivity contribution in [1.29, 1.82) is 0 Å². The van der Waals surface area contributed by atoms with Gasteiger partial charge in [0.05, 0.1) is 24.5 Å². The molecule has 0 atom stereocenters. The number of sulfonamides is 1. The molecule has 0 bridgehead atoms. The van der Waals surface area contributed by atoms with Crippen molar-refractivity contribution in [1.82, 2.24) is 5.32 Å². The number of para-hydroxylation sites is 1. The summed E-state index contributed by atoms with van der Waals surface area (Å²) in [5.74, 6) is -0.801. The molecule has 2 N–H and O–H groups in total. The third kappa shape index (κ3) is 6.59. The van der Waals surface area contributed by atoms with E-state index >= 15 is 0 Å². The Kier molecular flexibility index (Phi) is 7.18. The molecule has 0 fully saturated rings. The van der Waals surface area contributed by atoms with Gasteiger partial charge in [-0.05, 0) is 25.1 Å². The molecule has 0 spiro atoms. The van der Waals surface area contributed by atoms with Crippen LogP contribution in [0.1, 0.15) is 25.8 Å². The lowest BCUT2D eigenvalue weighted by Gasteiger charge is -2.12. The van der Waals surface area contributed by atoms with Gasteiger partial charge in [-0.2, -0.15) is 0 Å². The Labute approximate surface area is 125 Å². The van der Waals surface area contributed by atoms with Crippen molar-refractivity contribution in [3.05, 3.63) is 29.8 Å². The van der Waals surface area contributed by atoms with Crippen LogP contribution in [-0.4, -0.2) is 33.3 Å². The normalized spacial score (nSPS) is 11.1. The van der Waals surface area contributed by atoms with Gasteiger partial charge in [-0.1, -0.05) is 25.1 Å². The molecule has 1 aromatic carbocycles. The highest BCUT2D eigenvalue weighted by Crippen LogP contribution is 2.16. The number of carbonyl (C=O) groups is 1. The molecule has 1 rings (SSSR count). The SMILES string of the molecule is CCNCc1ccccc1NS(=O)(=O)CCC(=O)OCC. The van der Waals surface area contributed by atoms with E-state index in [4.69, 9.17) is 4.74 Å². The zero-order chi connectivity index (χ0) is 15.7. The number of hydrogen-bond donors (Lipinski definition) is 2. The first-order valence-corrected chi connectivity index (χ1v) is 8.58. The minimum absolute atomic E-state index is 0.154. The molecule has 0 heterocycles. The highest BCUT2D eigenvalue weighted by atomic mass is 32.2. The van der Waals surface area contributed by atoms with Gasteiger partial charge in [-0.15, -0.1) is 0 Å². The molecule has 0 saturated carbocycles. The quantitative estimate of drug-likeness (QED) is 0.675. The average Bonchev–Trinajstić information content (AvgIpc) is 2.44. The molecule has 0 aliphatic heterocycles. The maximum atomic E-state index is 12.0. The van der Waals surface area contributed by atoms with Gasteiger partial charge in [-0.25, -0.2) is 8.42 Å². The maximum absolute atomic E-state index is 12.0. The van der Waals surface area contributed by atoms with Crippen molar-refractivity contribution in [3.8, 4) is 0 Å². The predicted octanol–water partition coefficient (Wildman–Crippen LogP) is 1.49. The van der Waals surface area contributed by atoms with Gasteiger partial charge in [0.1, 0.15) is 0 Å². The number of benzene rings is 1. The maximum Gasteiger partial charge on any atom is 0.306 e. The first-order chi connectivity index (χ1) is 9.98. The molecular weight excluding hydrogens is 292 g/mol. The second kappa shape index (κ2) is 8.63. The van der Waals surface area contributed by atoms with Crippen LogP contribution < -0.4 is 10.0 Å². The van der Waals surface area contributed by atoms with Crippen LogP contribution >= 0.6 is 0 Å². The fraction of sp³-hybridized carbons (Fsp3) is 0.500. The number of nitrogens with one attached hydrogen (secondary N) is 2. The Morgan fingerprint density at radius 1 is 1.24 bits per heavy atom. The van der Waals surface area contributed by atoms with Gasteiger partial charge in [0.15, 0.2) is 0 Å². The predicted molar refractivity (Wildman–Crippen MR) is 82.5 cm³/mol. The fourth-order valence-corrected chi connectivity index (χ4v) is 2.77. The summed E-state index contributed by atoms with van der Waals surface area (Å²) in [7, 11) is -3.57. The monoisotopic (exact) mass is 314 g/mol. The van der Waals surface area contributed by atoms with E-state index < -0.39 is 16.0 Å². The van der Waals surface area contributed by atoms with Crippen LogP contribution in [0.3, 0.4) is 0 Å². The highest BCUT2D eigenvalue weighted by Gasteiger charge is 2.15. The zero-order valence-electron chi connectivity index (χ0n) is 12.4. The molecular formula is C14H22N2O4S. The van der Waals surface area contributed by atoms with Crippen LogP contribution in [-0.2, 0) is 26.1 Å². The second-order valence-electron chi connectivity index (χ2n) is 4.41. The molecule has 0 unspecified atom stereocenters. The van der Waals surface area contributed by atoms with Gasteiger partial charge < -0.3 is 10.1 Å². The second-order valence-corrected chi connectivity index (χ2v) is 6.26. The molecule has 0 radical (unpaired) electrons. The summed E-state index contributed by atoms with van der Waals surface area (Å²) in [6.45, 7) is 5.28. The number of anilines is 1. The standard InChI is InChI=1S/C14H22N2O4S/c1-3-15-11-12-7-5-6-8-13(12)16-21(18,19)10-9-14(17)20-4-2/h5-8,15-16H,3-4,9-11H2,1-2H3. The minimum Gasteiger partial charge on any atom is -0.466 e. The molecule has 118 valence electrons. The summed E-state index contributed by atoms with van der Waals surface area (Å²) in [4.78, 5) is 11.2. The fourth-order valence-electron chi connectivity index (χ4n) is 1.70. The largest absolute Gasteiger partial charge is 0.466 e. The van der Waals surface area contributed by atoms with Crippen LogP contribution in [0.15, 0.2) is 24.3 Å². The summed E-state index contributed by atoms with van der Waals surface area (Å²) in [5.41, 5.74) is 1.39. The smallest absolute Gasteiger partial charge is 0.306 e. The van der Waals surface area contributed by atoms with Crippen LogP contribution in [0.5, 0.6) is 0 Å². The molecule has 0 aromatic heterocycles. The summed E-state index contributed by atoms with van der Waals surface area (Å²) >= 11 is 0. The summed E-state index contributed by atoms with van der Waals surface area (Å²) in [6, 6.07) is 7.17. The Hall–Kier alpha value is -1.60. The highest BCUT2D eigenvalue weighted by molar-refractivity contribution is 7.92. The lowest BCUT2D eigenvalue weighted by Crippen LogP contribution is -2.21. The number of hydrogen-bond acceptors (Lipinski definition) is 5. The van der Waals surface area contributed by atoms with Gasteiger partial charge in [0.2, 0.25) is 10.0 Å². The van der Waals surface area contributed by atoms with E-state index in [-0.39, 0.29) is 18.8 Å². The van der Waals surface area contributed by atoms with Gasteiger partial charge in [-0.3, -0.25) is 9.52 Å². The van der Waals surface area contributed by atoms with Crippen molar-refractivity contribution in [2.75, 3.05) is 23.6 Å². The summed E-state index contributed by atoms with van der Waals surface area (Å²) in [6.07, 6.45) is -0.154. The van der Waals surface area contributed by atoms with Gasteiger partial charge in [0, 0.05) is 6.54 Å². The molecule has 0 aliphatic rings. The molecule has 7 heteroatoms.